The van der Waals surface area contributed by atoms with Crippen molar-refractivity contribution < 1.29 is 33.8 Å². The number of carbonyl (C=O) groups is 4. The van der Waals surface area contributed by atoms with Crippen molar-refractivity contribution in [3.63, 3.8) is 0 Å². The number of nitrogens with zero attached hydrogens (tertiary/aromatic N) is 5. The summed E-state index contributed by atoms with van der Waals surface area (Å²) in [5, 5.41) is 18.4. The number of aromatic nitrogens is 4. The van der Waals surface area contributed by atoms with Crippen LogP contribution in [0.25, 0.3) is 11.0 Å². The first kappa shape index (κ1) is 38.6. The van der Waals surface area contributed by atoms with E-state index in [0.717, 1.165) is 22.9 Å². The van der Waals surface area contributed by atoms with Gasteiger partial charge in [-0.2, -0.15) is 5.26 Å². The summed E-state index contributed by atoms with van der Waals surface area (Å²) in [5.74, 6) is -1.91. The van der Waals surface area contributed by atoms with Crippen molar-refractivity contribution in [1.82, 2.24) is 18.8 Å². The van der Waals surface area contributed by atoms with Gasteiger partial charge in [-0.05, 0) is 56.2 Å². The van der Waals surface area contributed by atoms with Crippen molar-refractivity contribution in [1.29, 1.82) is 5.26 Å². The highest BCUT2D eigenvalue weighted by Crippen LogP contribution is 2.18. The molecule has 16 heteroatoms. The van der Waals surface area contributed by atoms with E-state index in [2.05, 4.69) is 14.7 Å². The van der Waals surface area contributed by atoms with E-state index in [1.165, 1.54) is 18.7 Å². The zero-order chi connectivity index (χ0) is 32.6. The molecule has 0 fully saturated rings. The zero-order valence-corrected chi connectivity index (χ0v) is 26.9. The van der Waals surface area contributed by atoms with Crippen molar-refractivity contribution in [2.75, 3.05) is 13.2 Å². The third-order valence-electron chi connectivity index (χ3n) is 5.14. The highest BCUT2D eigenvalue weighted by molar-refractivity contribution is 6.32. The minimum Gasteiger partial charge on any atom is -0.477 e. The van der Waals surface area contributed by atoms with Crippen molar-refractivity contribution in [2.24, 2.45) is 0 Å². The molecule has 0 spiro atoms. The molecule has 1 N–H and O–H groups in total. The topological polar surface area (TPSA) is 165 Å². The third kappa shape index (κ3) is 13.0. The quantitative estimate of drug-likeness (QED) is 0.177. The number of hydrogen-bond donors (Lipinski definition) is 1. The normalized spacial score (nSPS) is 11.0. The SMILES string of the molecule is CCOC(=O)CC#N.CCOC(=O)c1cc2cc(Cl)cn2cn1.Cl.O=C(O)c1cc2cc(Cl)cn2cn1.O=CC1=CC(Cl)=CC1. The van der Waals surface area contributed by atoms with Gasteiger partial charge >= 0.3 is 17.9 Å². The molecule has 1 aliphatic rings. The number of fused-ring (bicyclic) bond motifs is 2. The Morgan fingerprint density at radius 2 is 1.49 bits per heavy atom. The van der Waals surface area contributed by atoms with Crippen LogP contribution in [0.1, 0.15) is 47.7 Å². The van der Waals surface area contributed by atoms with Crippen LogP contribution in [0.2, 0.25) is 10.0 Å². The number of rotatable bonds is 6. The molecular formula is C29H27Cl4N5O7. The molecule has 238 valence electrons. The molecule has 12 nitrogen and oxygen atoms in total. The molecule has 0 saturated carbocycles. The molecule has 1 aliphatic carbocycles. The molecule has 4 aromatic heterocycles. The number of esters is 2. The molecule has 0 amide bonds. The minimum absolute atomic E-state index is 0. The number of carboxylic acids is 1. The Labute approximate surface area is 278 Å². The lowest BCUT2D eigenvalue weighted by atomic mass is 10.3. The van der Waals surface area contributed by atoms with Gasteiger partial charge in [0.05, 0.1) is 40.4 Å². The van der Waals surface area contributed by atoms with Crippen molar-refractivity contribution >= 4 is 82.4 Å². The van der Waals surface area contributed by atoms with E-state index >= 15 is 0 Å². The van der Waals surface area contributed by atoms with Crippen LogP contribution in [0, 0.1) is 11.3 Å². The first-order valence-electron chi connectivity index (χ1n) is 12.7. The first-order chi connectivity index (χ1) is 21.0. The van der Waals surface area contributed by atoms with Crippen LogP contribution in [0.15, 0.2) is 72.1 Å². The van der Waals surface area contributed by atoms with E-state index in [-0.39, 0.29) is 24.5 Å². The van der Waals surface area contributed by atoms with Gasteiger partial charge in [-0.25, -0.2) is 19.6 Å². The van der Waals surface area contributed by atoms with Crippen LogP contribution in [0.4, 0.5) is 0 Å². The maximum absolute atomic E-state index is 11.4. The fourth-order valence-corrected chi connectivity index (χ4v) is 3.91. The molecule has 5 rings (SSSR count). The monoisotopic (exact) mass is 697 g/mol. The molecular weight excluding hydrogens is 672 g/mol. The van der Waals surface area contributed by atoms with Gasteiger partial charge in [-0.15, -0.1) is 12.4 Å². The predicted octanol–water partition coefficient (Wildman–Crippen LogP) is 6.37. The number of aldehydes is 1. The summed E-state index contributed by atoms with van der Waals surface area (Å²) in [5.41, 5.74) is 2.60. The molecule has 0 atom stereocenters. The Morgan fingerprint density at radius 3 is 1.91 bits per heavy atom. The molecule has 0 saturated heterocycles. The number of hydrogen-bond acceptors (Lipinski definition) is 9. The van der Waals surface area contributed by atoms with Gasteiger partial charge in [-0.3, -0.25) is 9.59 Å². The van der Waals surface area contributed by atoms with E-state index in [1.807, 2.05) is 6.08 Å². The van der Waals surface area contributed by atoms with E-state index in [4.69, 9.17) is 49.9 Å². The summed E-state index contributed by atoms with van der Waals surface area (Å²) in [7, 11) is 0. The van der Waals surface area contributed by atoms with Crippen molar-refractivity contribution in [3.8, 4) is 6.07 Å². The standard InChI is InChI=1S/C10H9ClN2O2.C8H5ClN2O2.C6H5ClO.C5H7NO2.ClH/c1-2-15-10(14)9-4-8-3-7(11)5-13(8)6-12-9;9-5-1-6-2-7(8(12)13)10-4-11(6)3-5;7-6-2-1-5(3-6)4-8;1-2-8-5(7)3-4-6;/h3-6H,2H2,1H3;1-4H,(H,12,13);2-4H,1H2;2-3H2,1H3;1H. The lowest BCUT2D eigenvalue weighted by Gasteiger charge is -2.01. The summed E-state index contributed by atoms with van der Waals surface area (Å²) in [6.45, 7) is 4.15. The van der Waals surface area contributed by atoms with Gasteiger partial charge in [0.2, 0.25) is 0 Å². The fourth-order valence-electron chi connectivity index (χ4n) is 3.26. The number of carbonyl (C=O) groups excluding carboxylic acids is 3. The number of allylic oxidation sites excluding steroid dienone is 4. The first-order valence-corrected chi connectivity index (χ1v) is 13.8. The van der Waals surface area contributed by atoms with Gasteiger partial charge in [0.25, 0.3) is 0 Å². The van der Waals surface area contributed by atoms with Crippen LogP contribution in [0.3, 0.4) is 0 Å². The molecule has 4 aromatic rings. The lowest BCUT2D eigenvalue weighted by Crippen LogP contribution is -2.07. The largest absolute Gasteiger partial charge is 0.477 e. The number of carboxylic acid groups (broad SMARTS) is 1. The highest BCUT2D eigenvalue weighted by Gasteiger charge is 2.09. The Hall–Kier alpha value is -4.41. The second-order valence-corrected chi connectivity index (χ2v) is 9.63. The minimum atomic E-state index is -1.04. The summed E-state index contributed by atoms with van der Waals surface area (Å²) in [6, 6.07) is 8.22. The van der Waals surface area contributed by atoms with Gasteiger partial charge in [-0.1, -0.05) is 40.9 Å². The summed E-state index contributed by atoms with van der Waals surface area (Å²) in [4.78, 5) is 49.8. The number of ether oxygens (including phenoxy) is 2. The molecule has 0 unspecified atom stereocenters. The fraction of sp³-hybridized carbons (Fsp3) is 0.207. The molecule has 0 radical (unpaired) electrons. The van der Waals surface area contributed by atoms with E-state index < -0.39 is 17.9 Å². The molecule has 0 aliphatic heterocycles. The van der Waals surface area contributed by atoms with E-state index in [0.29, 0.717) is 40.4 Å². The van der Waals surface area contributed by atoms with Crippen LogP contribution in [-0.2, 0) is 19.1 Å². The number of halogens is 4. The lowest BCUT2D eigenvalue weighted by molar-refractivity contribution is -0.141. The smallest absolute Gasteiger partial charge is 0.357 e. The highest BCUT2D eigenvalue weighted by atomic mass is 35.5. The third-order valence-corrected chi connectivity index (χ3v) is 5.82. The maximum atomic E-state index is 11.4. The molecule has 4 heterocycles. The average molecular weight is 699 g/mol. The van der Waals surface area contributed by atoms with Crippen molar-refractivity contribution in [2.45, 2.75) is 26.7 Å². The Kier molecular flexibility index (Phi) is 17.0. The molecule has 0 bridgehead atoms. The Balaban J connectivity index is 0.000000310. The zero-order valence-electron chi connectivity index (χ0n) is 23.9. The van der Waals surface area contributed by atoms with Crippen LogP contribution in [-0.4, -0.2) is 61.3 Å². The number of nitriles is 1. The van der Waals surface area contributed by atoms with Crippen LogP contribution in [0.5, 0.6) is 0 Å². The van der Waals surface area contributed by atoms with Crippen LogP contribution < -0.4 is 0 Å². The Bertz CT molecular complexity index is 1740. The summed E-state index contributed by atoms with van der Waals surface area (Å²) >= 11 is 17.0. The van der Waals surface area contributed by atoms with Gasteiger partial charge in [0.15, 0.2) is 11.4 Å². The maximum Gasteiger partial charge on any atom is 0.357 e. The summed E-state index contributed by atoms with van der Waals surface area (Å²) < 4.78 is 12.7. The van der Waals surface area contributed by atoms with E-state index in [1.54, 1.807) is 65.4 Å². The second kappa shape index (κ2) is 19.8. The predicted molar refractivity (Wildman–Crippen MR) is 170 cm³/mol. The summed E-state index contributed by atoms with van der Waals surface area (Å²) in [6.07, 6.45) is 11.2. The van der Waals surface area contributed by atoms with Gasteiger partial charge in [0, 0.05) is 17.4 Å². The number of aromatic carboxylic acids is 1. The molecule has 45 heavy (non-hydrogen) atoms. The Morgan fingerprint density at radius 1 is 0.956 bits per heavy atom. The average Bonchev–Trinajstić information content (AvgIpc) is 3.69. The van der Waals surface area contributed by atoms with Crippen molar-refractivity contribution in [3.05, 3.63) is 93.5 Å². The van der Waals surface area contributed by atoms with Gasteiger partial charge < -0.3 is 23.4 Å². The van der Waals surface area contributed by atoms with Gasteiger partial charge in [0.1, 0.15) is 25.4 Å². The molecule has 0 aromatic carbocycles. The van der Waals surface area contributed by atoms with E-state index in [9.17, 15) is 19.2 Å². The van der Waals surface area contributed by atoms with Crippen LogP contribution >= 0.6 is 47.2 Å². The second-order valence-electron chi connectivity index (χ2n) is 8.32.